The van der Waals surface area contributed by atoms with Gasteiger partial charge < -0.3 is 4.57 Å². The molecule has 0 atom stereocenters. The summed E-state index contributed by atoms with van der Waals surface area (Å²) < 4.78 is 15.0. The van der Waals surface area contributed by atoms with Crippen LogP contribution in [0.2, 0.25) is 0 Å². The van der Waals surface area contributed by atoms with E-state index in [1.54, 1.807) is 32.0 Å². The maximum atomic E-state index is 13.1. The van der Waals surface area contributed by atoms with E-state index in [-0.39, 0.29) is 12.4 Å². The number of hydrogen-bond acceptors (Lipinski definition) is 4. The number of urea groups is 1. The average Bonchev–Trinajstić information content (AvgIpc) is 3.11. The van der Waals surface area contributed by atoms with E-state index in [9.17, 15) is 23.6 Å². The van der Waals surface area contributed by atoms with Gasteiger partial charge in [0, 0.05) is 30.0 Å². The van der Waals surface area contributed by atoms with Crippen LogP contribution in [0.25, 0.3) is 0 Å². The normalized spacial score (nSPS) is 14.2. The van der Waals surface area contributed by atoms with E-state index in [1.165, 1.54) is 12.1 Å². The van der Waals surface area contributed by atoms with Crippen molar-refractivity contribution in [1.82, 2.24) is 14.4 Å². The summed E-state index contributed by atoms with van der Waals surface area (Å²) in [6.07, 6.45) is 1.19. The Kier molecular flexibility index (Phi) is 6.14. The number of rotatable bonds is 8. The van der Waals surface area contributed by atoms with Crippen molar-refractivity contribution in [3.63, 3.8) is 0 Å². The van der Waals surface area contributed by atoms with Crippen LogP contribution in [0.3, 0.4) is 0 Å². The Balaban J connectivity index is 1.73. The Morgan fingerprint density at radius 2 is 1.60 bits per heavy atom. The number of aromatic nitrogens is 1. The van der Waals surface area contributed by atoms with Gasteiger partial charge in [-0.05, 0) is 50.5 Å². The summed E-state index contributed by atoms with van der Waals surface area (Å²) in [5.74, 6) is -2.54. The van der Waals surface area contributed by atoms with Gasteiger partial charge in [-0.25, -0.2) is 14.1 Å². The molecule has 0 N–H and O–H groups in total. The quantitative estimate of drug-likeness (QED) is 0.379. The number of Topliss-reactive ketones (excluding diaryl/α,β-unsaturated/α-hetero) is 1. The maximum absolute atomic E-state index is 13.1. The first-order valence-electron chi connectivity index (χ1n) is 9.86. The van der Waals surface area contributed by atoms with Gasteiger partial charge in [-0.2, -0.15) is 0 Å². The zero-order valence-corrected chi connectivity index (χ0v) is 17.3. The smallest absolute Gasteiger partial charge is 0.334 e. The number of nitrogens with zero attached hydrogens (tertiary/aromatic N) is 3. The number of carbonyl (C=O) groups is 4. The van der Waals surface area contributed by atoms with Crippen LogP contribution < -0.4 is 0 Å². The average molecular weight is 413 g/mol. The monoisotopic (exact) mass is 413 g/mol. The first-order chi connectivity index (χ1) is 14.2. The molecule has 1 fully saturated rings. The molecule has 0 radical (unpaired) electrons. The number of benzene rings is 1. The molecule has 1 aromatic carbocycles. The number of halogens is 1. The minimum absolute atomic E-state index is 0.145. The minimum atomic E-state index is -0.966. The van der Waals surface area contributed by atoms with Crippen molar-refractivity contribution in [3.8, 4) is 0 Å². The third-order valence-corrected chi connectivity index (χ3v) is 5.30. The zero-order valence-electron chi connectivity index (χ0n) is 17.3. The Bertz CT molecular complexity index is 1010. The van der Waals surface area contributed by atoms with Gasteiger partial charge in [-0.1, -0.05) is 19.1 Å². The molecule has 1 saturated heterocycles. The van der Waals surface area contributed by atoms with Crippen LogP contribution in [0, 0.1) is 19.7 Å². The fourth-order valence-corrected chi connectivity index (χ4v) is 3.66. The highest BCUT2D eigenvalue weighted by atomic mass is 19.1. The number of aryl methyl sites for hydroxylation is 2. The Labute approximate surface area is 174 Å². The standard InChI is InChI=1S/C22H24FN3O4/c1-4-10-25-20(28)21(29)26(22(25)30)13-19(27)18-12-14(2)24(15(18)3)11-9-16-5-7-17(23)8-6-16/h5-8,12H,4,9-11,13H2,1-3H3. The maximum Gasteiger partial charge on any atom is 0.334 e. The predicted octanol–water partition coefficient (Wildman–Crippen LogP) is 2.87. The molecule has 2 heterocycles. The molecule has 0 spiro atoms. The molecule has 0 bridgehead atoms. The second-order valence-corrected chi connectivity index (χ2v) is 7.37. The summed E-state index contributed by atoms with van der Waals surface area (Å²) in [6, 6.07) is 7.24. The minimum Gasteiger partial charge on any atom is -0.348 e. The highest BCUT2D eigenvalue weighted by molar-refractivity contribution is 6.45. The molecule has 0 aliphatic carbocycles. The van der Waals surface area contributed by atoms with E-state index in [0.29, 0.717) is 29.8 Å². The summed E-state index contributed by atoms with van der Waals surface area (Å²) >= 11 is 0. The molecule has 158 valence electrons. The molecule has 7 nitrogen and oxygen atoms in total. The van der Waals surface area contributed by atoms with E-state index in [4.69, 9.17) is 0 Å². The number of amides is 4. The molecule has 4 amide bonds. The van der Waals surface area contributed by atoms with Crippen molar-refractivity contribution in [3.05, 3.63) is 58.7 Å². The lowest BCUT2D eigenvalue weighted by Crippen LogP contribution is -2.37. The number of hydrogen-bond donors (Lipinski definition) is 0. The third-order valence-electron chi connectivity index (χ3n) is 5.30. The molecular weight excluding hydrogens is 389 g/mol. The van der Waals surface area contributed by atoms with Crippen molar-refractivity contribution in [2.45, 2.75) is 40.2 Å². The molecule has 1 aliphatic heterocycles. The van der Waals surface area contributed by atoms with Crippen molar-refractivity contribution in [2.75, 3.05) is 13.1 Å². The molecular formula is C22H24FN3O4. The number of carbonyl (C=O) groups excluding carboxylic acids is 4. The van der Waals surface area contributed by atoms with Crippen LogP contribution in [0.4, 0.5) is 9.18 Å². The van der Waals surface area contributed by atoms with Gasteiger partial charge in [0.1, 0.15) is 5.82 Å². The molecule has 30 heavy (non-hydrogen) atoms. The van der Waals surface area contributed by atoms with Crippen LogP contribution in [0.15, 0.2) is 30.3 Å². The van der Waals surface area contributed by atoms with Gasteiger partial charge in [0.2, 0.25) is 0 Å². The van der Waals surface area contributed by atoms with Gasteiger partial charge in [0.25, 0.3) is 0 Å². The lowest BCUT2D eigenvalue weighted by atomic mass is 10.1. The molecule has 8 heteroatoms. The van der Waals surface area contributed by atoms with Gasteiger partial charge >= 0.3 is 17.8 Å². The van der Waals surface area contributed by atoms with Crippen molar-refractivity contribution < 1.29 is 23.6 Å². The predicted molar refractivity (Wildman–Crippen MR) is 107 cm³/mol. The summed E-state index contributed by atoms with van der Waals surface area (Å²) in [6.45, 7) is 5.73. The molecule has 0 saturated carbocycles. The molecule has 2 aromatic rings. The number of imide groups is 2. The number of ketones is 1. The lowest BCUT2D eigenvalue weighted by molar-refractivity contribution is -0.143. The molecule has 1 aliphatic rings. The Morgan fingerprint density at radius 1 is 0.967 bits per heavy atom. The van der Waals surface area contributed by atoms with Crippen LogP contribution in [0.1, 0.15) is 40.7 Å². The van der Waals surface area contributed by atoms with Crippen molar-refractivity contribution >= 4 is 23.6 Å². The van der Waals surface area contributed by atoms with Crippen LogP contribution in [-0.2, 0) is 22.6 Å². The summed E-state index contributed by atoms with van der Waals surface area (Å²) in [5, 5.41) is 0. The molecule has 3 rings (SSSR count). The third kappa shape index (κ3) is 4.03. The van der Waals surface area contributed by atoms with E-state index < -0.39 is 30.2 Å². The second kappa shape index (κ2) is 8.61. The highest BCUT2D eigenvalue weighted by Gasteiger charge is 2.44. The first kappa shape index (κ1) is 21.4. The van der Waals surface area contributed by atoms with E-state index in [2.05, 4.69) is 0 Å². The van der Waals surface area contributed by atoms with Gasteiger partial charge in [-0.15, -0.1) is 0 Å². The largest absolute Gasteiger partial charge is 0.348 e. The first-order valence-corrected chi connectivity index (χ1v) is 9.86. The second-order valence-electron chi connectivity index (χ2n) is 7.37. The summed E-state index contributed by atoms with van der Waals surface area (Å²) in [7, 11) is 0. The molecule has 0 unspecified atom stereocenters. The van der Waals surface area contributed by atoms with E-state index >= 15 is 0 Å². The van der Waals surface area contributed by atoms with E-state index in [0.717, 1.165) is 21.9 Å². The van der Waals surface area contributed by atoms with Crippen molar-refractivity contribution in [1.29, 1.82) is 0 Å². The van der Waals surface area contributed by atoms with Gasteiger partial charge in [0.15, 0.2) is 5.78 Å². The van der Waals surface area contributed by atoms with Crippen LogP contribution >= 0.6 is 0 Å². The van der Waals surface area contributed by atoms with E-state index in [1.807, 2.05) is 11.5 Å². The summed E-state index contributed by atoms with van der Waals surface area (Å²) in [5.41, 5.74) is 2.96. The SMILES string of the molecule is CCCN1C(=O)C(=O)N(CC(=O)c2cc(C)n(CCc3ccc(F)cc3)c2C)C1=O. The van der Waals surface area contributed by atoms with Crippen molar-refractivity contribution in [2.24, 2.45) is 0 Å². The van der Waals surface area contributed by atoms with Crippen LogP contribution in [0.5, 0.6) is 0 Å². The molecule has 1 aromatic heterocycles. The summed E-state index contributed by atoms with van der Waals surface area (Å²) in [4.78, 5) is 50.9. The van der Waals surface area contributed by atoms with Gasteiger partial charge in [0.05, 0.1) is 6.54 Å². The highest BCUT2D eigenvalue weighted by Crippen LogP contribution is 2.19. The topological polar surface area (TPSA) is 79.7 Å². The van der Waals surface area contributed by atoms with Gasteiger partial charge in [-0.3, -0.25) is 19.3 Å². The lowest BCUT2D eigenvalue weighted by Gasteiger charge is -2.14. The fourth-order valence-electron chi connectivity index (χ4n) is 3.66. The zero-order chi connectivity index (χ0) is 22.0. The Hall–Kier alpha value is -3.29. The van der Waals surface area contributed by atoms with Crippen LogP contribution in [-0.4, -0.2) is 51.1 Å². The fraction of sp³-hybridized carbons (Fsp3) is 0.364. The Morgan fingerprint density at radius 3 is 2.23 bits per heavy atom.